The van der Waals surface area contributed by atoms with Crippen molar-refractivity contribution in [2.75, 3.05) is 0 Å². The second-order valence-electron chi connectivity index (χ2n) is 4.83. The van der Waals surface area contributed by atoms with Gasteiger partial charge in [-0.25, -0.2) is 13.1 Å². The Morgan fingerprint density at radius 1 is 1.28 bits per heavy atom. The SMILES string of the molecule is CC(C)(N)CCC(=O)NS(=O)(=O)c1ccccc1. The zero-order valence-electron chi connectivity index (χ0n) is 10.5. The maximum atomic E-state index is 11.8. The molecule has 0 bridgehead atoms. The van der Waals surface area contributed by atoms with Crippen molar-refractivity contribution in [2.45, 2.75) is 37.1 Å². The van der Waals surface area contributed by atoms with Crippen LogP contribution in [-0.4, -0.2) is 19.9 Å². The number of benzene rings is 1. The number of nitrogens with two attached hydrogens (primary N) is 1. The van der Waals surface area contributed by atoms with Gasteiger partial charge in [0.25, 0.3) is 10.0 Å². The van der Waals surface area contributed by atoms with Gasteiger partial charge in [-0.15, -0.1) is 0 Å². The molecule has 0 heterocycles. The summed E-state index contributed by atoms with van der Waals surface area (Å²) in [6, 6.07) is 7.77. The third-order valence-corrected chi connectivity index (χ3v) is 3.69. The van der Waals surface area contributed by atoms with Crippen LogP contribution in [0.1, 0.15) is 26.7 Å². The molecule has 1 amide bonds. The predicted molar refractivity (Wildman–Crippen MR) is 69.3 cm³/mol. The highest BCUT2D eigenvalue weighted by Crippen LogP contribution is 2.10. The van der Waals surface area contributed by atoms with E-state index >= 15 is 0 Å². The van der Waals surface area contributed by atoms with Gasteiger partial charge in [0.15, 0.2) is 0 Å². The van der Waals surface area contributed by atoms with E-state index in [0.717, 1.165) is 0 Å². The van der Waals surface area contributed by atoms with Gasteiger partial charge in [0.1, 0.15) is 0 Å². The van der Waals surface area contributed by atoms with E-state index in [1.165, 1.54) is 12.1 Å². The quantitative estimate of drug-likeness (QED) is 0.835. The van der Waals surface area contributed by atoms with Crippen LogP contribution in [0.4, 0.5) is 0 Å². The molecular formula is C12H18N2O3S. The molecule has 0 radical (unpaired) electrons. The van der Waals surface area contributed by atoms with E-state index in [1.807, 2.05) is 4.72 Å². The van der Waals surface area contributed by atoms with E-state index in [2.05, 4.69) is 0 Å². The number of carbonyl (C=O) groups is 1. The van der Waals surface area contributed by atoms with Gasteiger partial charge < -0.3 is 5.73 Å². The van der Waals surface area contributed by atoms with Crippen LogP contribution in [-0.2, 0) is 14.8 Å². The number of sulfonamides is 1. The lowest BCUT2D eigenvalue weighted by atomic mass is 10.0. The van der Waals surface area contributed by atoms with Gasteiger partial charge in [0, 0.05) is 12.0 Å². The lowest BCUT2D eigenvalue weighted by molar-refractivity contribution is -0.119. The van der Waals surface area contributed by atoms with Crippen molar-refractivity contribution >= 4 is 15.9 Å². The van der Waals surface area contributed by atoms with Crippen LogP contribution < -0.4 is 10.5 Å². The van der Waals surface area contributed by atoms with Crippen LogP contribution in [0.2, 0.25) is 0 Å². The Hall–Kier alpha value is -1.40. The molecule has 1 aromatic rings. The van der Waals surface area contributed by atoms with Gasteiger partial charge >= 0.3 is 0 Å². The third kappa shape index (κ3) is 4.85. The van der Waals surface area contributed by atoms with E-state index in [1.54, 1.807) is 32.0 Å². The fourth-order valence-electron chi connectivity index (χ4n) is 1.30. The van der Waals surface area contributed by atoms with Crippen molar-refractivity contribution in [1.29, 1.82) is 0 Å². The molecule has 0 fully saturated rings. The average molecular weight is 270 g/mol. The summed E-state index contributed by atoms with van der Waals surface area (Å²) in [5.74, 6) is -0.544. The number of rotatable bonds is 5. The van der Waals surface area contributed by atoms with E-state index < -0.39 is 21.5 Å². The summed E-state index contributed by atoms with van der Waals surface area (Å²) in [7, 11) is -3.77. The minimum atomic E-state index is -3.77. The zero-order chi connectivity index (χ0) is 13.8. The molecule has 1 rings (SSSR count). The number of nitrogens with one attached hydrogen (secondary N) is 1. The average Bonchev–Trinajstić information content (AvgIpc) is 2.26. The summed E-state index contributed by atoms with van der Waals surface area (Å²) in [6.45, 7) is 3.57. The second kappa shape index (κ2) is 5.49. The Bertz CT molecular complexity index is 504. The normalized spacial score (nSPS) is 12.2. The Labute approximate surface area is 107 Å². The summed E-state index contributed by atoms with van der Waals surface area (Å²) in [5, 5.41) is 0. The molecule has 3 N–H and O–H groups in total. The Morgan fingerprint density at radius 2 is 1.83 bits per heavy atom. The molecule has 0 unspecified atom stereocenters. The highest BCUT2D eigenvalue weighted by molar-refractivity contribution is 7.90. The van der Waals surface area contributed by atoms with Gasteiger partial charge in [0.05, 0.1) is 4.90 Å². The molecule has 0 aliphatic carbocycles. The van der Waals surface area contributed by atoms with Gasteiger partial charge in [-0.1, -0.05) is 18.2 Å². The molecule has 5 nitrogen and oxygen atoms in total. The first-order valence-corrected chi connectivity index (χ1v) is 7.09. The van der Waals surface area contributed by atoms with E-state index in [0.29, 0.717) is 6.42 Å². The monoisotopic (exact) mass is 270 g/mol. The third-order valence-electron chi connectivity index (χ3n) is 2.30. The fourth-order valence-corrected chi connectivity index (χ4v) is 2.33. The number of hydrogen-bond acceptors (Lipinski definition) is 4. The lowest BCUT2D eigenvalue weighted by Gasteiger charge is -2.17. The summed E-state index contributed by atoms with van der Waals surface area (Å²) < 4.78 is 25.6. The first-order chi connectivity index (χ1) is 8.21. The van der Waals surface area contributed by atoms with Crippen molar-refractivity contribution < 1.29 is 13.2 Å². The first kappa shape index (κ1) is 14.7. The molecule has 0 saturated heterocycles. The Kier molecular flexibility index (Phi) is 4.48. The highest BCUT2D eigenvalue weighted by atomic mass is 32.2. The molecule has 6 heteroatoms. The second-order valence-corrected chi connectivity index (χ2v) is 6.51. The summed E-state index contributed by atoms with van der Waals surface area (Å²) >= 11 is 0. The van der Waals surface area contributed by atoms with Gasteiger partial charge in [-0.3, -0.25) is 4.79 Å². The molecule has 18 heavy (non-hydrogen) atoms. The molecule has 0 aromatic heterocycles. The number of carbonyl (C=O) groups excluding carboxylic acids is 1. The minimum Gasteiger partial charge on any atom is -0.326 e. The molecule has 1 aromatic carbocycles. The molecule has 0 saturated carbocycles. The van der Waals surface area contributed by atoms with Gasteiger partial charge in [-0.2, -0.15) is 0 Å². The predicted octanol–water partition coefficient (Wildman–Crippen LogP) is 1.01. The summed E-state index contributed by atoms with van der Waals surface area (Å²) in [4.78, 5) is 11.6. The molecule has 0 atom stereocenters. The lowest BCUT2D eigenvalue weighted by Crippen LogP contribution is -2.36. The number of hydrogen-bond donors (Lipinski definition) is 2. The van der Waals surface area contributed by atoms with Crippen molar-refractivity contribution in [2.24, 2.45) is 5.73 Å². The fraction of sp³-hybridized carbons (Fsp3) is 0.417. The van der Waals surface area contributed by atoms with Crippen LogP contribution in [0.25, 0.3) is 0 Å². The van der Waals surface area contributed by atoms with Gasteiger partial charge in [0.2, 0.25) is 5.91 Å². The molecule has 0 aliphatic heterocycles. The Balaban J connectivity index is 2.65. The maximum absolute atomic E-state index is 11.8. The first-order valence-electron chi connectivity index (χ1n) is 5.60. The van der Waals surface area contributed by atoms with Crippen LogP contribution in [0, 0.1) is 0 Å². The molecule has 0 aliphatic rings. The van der Waals surface area contributed by atoms with Gasteiger partial charge in [-0.05, 0) is 32.4 Å². The summed E-state index contributed by atoms with van der Waals surface area (Å²) in [6.07, 6.45) is 0.499. The summed E-state index contributed by atoms with van der Waals surface area (Å²) in [5.41, 5.74) is 5.24. The largest absolute Gasteiger partial charge is 0.326 e. The van der Waals surface area contributed by atoms with Crippen molar-refractivity contribution in [3.63, 3.8) is 0 Å². The highest BCUT2D eigenvalue weighted by Gasteiger charge is 2.19. The Morgan fingerprint density at radius 3 is 2.33 bits per heavy atom. The van der Waals surface area contributed by atoms with Crippen LogP contribution >= 0.6 is 0 Å². The van der Waals surface area contributed by atoms with Crippen LogP contribution in [0.3, 0.4) is 0 Å². The van der Waals surface area contributed by atoms with E-state index in [-0.39, 0.29) is 11.3 Å². The smallest absolute Gasteiger partial charge is 0.264 e. The van der Waals surface area contributed by atoms with E-state index in [9.17, 15) is 13.2 Å². The van der Waals surface area contributed by atoms with Crippen molar-refractivity contribution in [3.05, 3.63) is 30.3 Å². The maximum Gasteiger partial charge on any atom is 0.264 e. The standard InChI is InChI=1S/C12H18N2O3S/c1-12(2,13)9-8-11(15)14-18(16,17)10-6-4-3-5-7-10/h3-7H,8-9,13H2,1-2H3,(H,14,15). The minimum absolute atomic E-state index is 0.0744. The topological polar surface area (TPSA) is 89.3 Å². The van der Waals surface area contributed by atoms with E-state index in [4.69, 9.17) is 5.73 Å². The zero-order valence-corrected chi connectivity index (χ0v) is 11.3. The van der Waals surface area contributed by atoms with Crippen molar-refractivity contribution in [1.82, 2.24) is 4.72 Å². The molecular weight excluding hydrogens is 252 g/mol. The molecule has 0 spiro atoms. The number of amides is 1. The van der Waals surface area contributed by atoms with Crippen LogP contribution in [0.15, 0.2) is 35.2 Å². The van der Waals surface area contributed by atoms with Crippen molar-refractivity contribution in [3.8, 4) is 0 Å². The molecule has 100 valence electrons. The van der Waals surface area contributed by atoms with Crippen LogP contribution in [0.5, 0.6) is 0 Å².